The van der Waals surface area contributed by atoms with Crippen LogP contribution in [0, 0.1) is 5.82 Å². The molecule has 0 bridgehead atoms. The smallest absolute Gasteiger partial charge is 0.323 e. The molecule has 1 saturated heterocycles. The van der Waals surface area contributed by atoms with Gasteiger partial charge in [-0.05, 0) is 35.9 Å². The summed E-state index contributed by atoms with van der Waals surface area (Å²) in [7, 11) is 1.50. The average Bonchev–Trinajstić information content (AvgIpc) is 2.69. The highest BCUT2D eigenvalue weighted by atomic mass is 19.1. The van der Waals surface area contributed by atoms with Crippen molar-refractivity contribution in [3.05, 3.63) is 54.1 Å². The van der Waals surface area contributed by atoms with Gasteiger partial charge < -0.3 is 20.3 Å². The lowest BCUT2D eigenvalue weighted by Gasteiger charge is -2.34. The van der Waals surface area contributed by atoms with E-state index in [4.69, 9.17) is 4.74 Å². The van der Waals surface area contributed by atoms with Crippen molar-refractivity contribution in [1.82, 2.24) is 14.8 Å². The first-order valence-electron chi connectivity index (χ1n) is 9.30. The van der Waals surface area contributed by atoms with Gasteiger partial charge in [-0.2, -0.15) is 0 Å². The number of carbonyl (C=O) groups excluding carboxylic acids is 2. The molecule has 2 N–H and O–H groups in total. The van der Waals surface area contributed by atoms with Crippen LogP contribution in [0.5, 0.6) is 0 Å². The first-order chi connectivity index (χ1) is 14.0. The molecule has 0 spiro atoms. The molecule has 8 nitrogen and oxygen atoms in total. The predicted octanol–water partition coefficient (Wildman–Crippen LogP) is 2.16. The highest BCUT2D eigenvalue weighted by molar-refractivity contribution is 5.99. The Balaban J connectivity index is 1.55. The maximum absolute atomic E-state index is 14.0. The number of urea groups is 1. The van der Waals surface area contributed by atoms with Gasteiger partial charge in [-0.1, -0.05) is 0 Å². The highest BCUT2D eigenvalue weighted by Crippen LogP contribution is 2.17. The number of nitrogens with one attached hydrogen (secondary N) is 2. The standard InChI is InChI=1S/C20H24FN5O3/c1-29-14-19(27)26-7-5-25(6-8-26)13-15-9-16(21)11-18(10-15)24-20(28)23-17-3-2-4-22-12-17/h2-4,9-12H,5-8,13-14H2,1H3,(H2,23,24,28). The molecule has 1 aliphatic heterocycles. The van der Waals surface area contributed by atoms with Crippen LogP contribution >= 0.6 is 0 Å². The van der Waals surface area contributed by atoms with Gasteiger partial charge in [-0.25, -0.2) is 9.18 Å². The summed E-state index contributed by atoms with van der Waals surface area (Å²) in [5.74, 6) is -0.447. The summed E-state index contributed by atoms with van der Waals surface area (Å²) in [5, 5.41) is 5.29. The van der Waals surface area contributed by atoms with Crippen LogP contribution in [-0.4, -0.2) is 66.6 Å². The average molecular weight is 401 g/mol. The van der Waals surface area contributed by atoms with E-state index in [2.05, 4.69) is 20.5 Å². The Morgan fingerprint density at radius 2 is 1.90 bits per heavy atom. The summed E-state index contributed by atoms with van der Waals surface area (Å²) in [6.45, 7) is 3.21. The van der Waals surface area contributed by atoms with Crippen LogP contribution in [0.3, 0.4) is 0 Å². The molecule has 29 heavy (non-hydrogen) atoms. The minimum absolute atomic E-state index is 0.0241. The summed E-state index contributed by atoms with van der Waals surface area (Å²) >= 11 is 0. The van der Waals surface area contributed by atoms with Crippen molar-refractivity contribution in [1.29, 1.82) is 0 Å². The number of amides is 3. The molecule has 3 amide bonds. The van der Waals surface area contributed by atoms with E-state index in [0.29, 0.717) is 44.1 Å². The lowest BCUT2D eigenvalue weighted by atomic mass is 10.1. The van der Waals surface area contributed by atoms with Gasteiger partial charge in [0.15, 0.2) is 0 Å². The van der Waals surface area contributed by atoms with Gasteiger partial charge in [0, 0.05) is 51.7 Å². The van der Waals surface area contributed by atoms with Crippen LogP contribution in [0.4, 0.5) is 20.6 Å². The number of ether oxygens (including phenoxy) is 1. The number of hydrogen-bond donors (Lipinski definition) is 2. The normalized spacial score (nSPS) is 14.5. The summed E-state index contributed by atoms with van der Waals surface area (Å²) in [6, 6.07) is 7.41. The third-order valence-corrected chi connectivity index (χ3v) is 4.53. The van der Waals surface area contributed by atoms with Gasteiger partial charge >= 0.3 is 6.03 Å². The van der Waals surface area contributed by atoms with Crippen LogP contribution in [0.25, 0.3) is 0 Å². The monoisotopic (exact) mass is 401 g/mol. The van der Waals surface area contributed by atoms with Crippen LogP contribution in [0.2, 0.25) is 0 Å². The van der Waals surface area contributed by atoms with Crippen molar-refractivity contribution in [2.24, 2.45) is 0 Å². The second kappa shape index (κ2) is 9.94. The number of piperazine rings is 1. The van der Waals surface area contributed by atoms with Crippen molar-refractivity contribution < 1.29 is 18.7 Å². The third-order valence-electron chi connectivity index (χ3n) is 4.53. The van der Waals surface area contributed by atoms with E-state index in [1.165, 1.54) is 25.4 Å². The second-order valence-electron chi connectivity index (χ2n) is 6.76. The minimum Gasteiger partial charge on any atom is -0.375 e. The summed E-state index contributed by atoms with van der Waals surface area (Å²) in [4.78, 5) is 31.8. The number of aromatic nitrogens is 1. The van der Waals surface area contributed by atoms with E-state index in [1.54, 1.807) is 29.3 Å². The van der Waals surface area contributed by atoms with Gasteiger partial charge in [-0.15, -0.1) is 0 Å². The minimum atomic E-state index is -0.472. The molecule has 2 heterocycles. The maximum atomic E-state index is 14.0. The van der Waals surface area contributed by atoms with Crippen LogP contribution in [0.1, 0.15) is 5.56 Å². The number of hydrogen-bond acceptors (Lipinski definition) is 5. The lowest BCUT2D eigenvalue weighted by Crippen LogP contribution is -2.49. The lowest BCUT2D eigenvalue weighted by molar-refractivity contribution is -0.136. The molecule has 0 aliphatic carbocycles. The highest BCUT2D eigenvalue weighted by Gasteiger charge is 2.21. The number of nitrogens with zero attached hydrogens (tertiary/aromatic N) is 3. The first-order valence-corrected chi connectivity index (χ1v) is 9.30. The molecule has 0 unspecified atom stereocenters. The Morgan fingerprint density at radius 3 is 2.59 bits per heavy atom. The quantitative estimate of drug-likeness (QED) is 0.775. The van der Waals surface area contributed by atoms with Crippen LogP contribution in [-0.2, 0) is 16.1 Å². The van der Waals surface area contributed by atoms with E-state index >= 15 is 0 Å². The van der Waals surface area contributed by atoms with Crippen molar-refractivity contribution >= 4 is 23.3 Å². The zero-order valence-corrected chi connectivity index (χ0v) is 16.2. The Kier molecular flexibility index (Phi) is 7.09. The molecular weight excluding hydrogens is 377 g/mol. The Hall–Kier alpha value is -3.04. The topological polar surface area (TPSA) is 86.8 Å². The van der Waals surface area contributed by atoms with E-state index in [1.807, 2.05) is 0 Å². The Bertz CT molecular complexity index is 841. The Labute approximate surface area is 168 Å². The molecule has 1 aromatic heterocycles. The number of carbonyl (C=O) groups is 2. The molecule has 1 fully saturated rings. The summed E-state index contributed by atoms with van der Waals surface area (Å²) in [6.07, 6.45) is 3.13. The molecular formula is C20H24FN5O3. The van der Waals surface area contributed by atoms with Gasteiger partial charge in [0.2, 0.25) is 5.91 Å². The third kappa shape index (κ3) is 6.23. The molecule has 9 heteroatoms. The number of pyridine rings is 1. The maximum Gasteiger partial charge on any atom is 0.323 e. The summed E-state index contributed by atoms with van der Waals surface area (Å²) in [5.41, 5.74) is 1.66. The fraction of sp³-hybridized carbons (Fsp3) is 0.350. The molecule has 1 aliphatic rings. The van der Waals surface area contributed by atoms with Crippen LogP contribution < -0.4 is 10.6 Å². The molecule has 0 saturated carbocycles. The van der Waals surface area contributed by atoms with E-state index in [9.17, 15) is 14.0 Å². The molecule has 1 aromatic carbocycles. The SMILES string of the molecule is COCC(=O)N1CCN(Cc2cc(F)cc(NC(=O)Nc3cccnc3)c2)CC1. The van der Waals surface area contributed by atoms with Crippen molar-refractivity contribution in [3.8, 4) is 0 Å². The van der Waals surface area contributed by atoms with Crippen LogP contribution in [0.15, 0.2) is 42.7 Å². The fourth-order valence-electron chi connectivity index (χ4n) is 3.17. The van der Waals surface area contributed by atoms with Gasteiger partial charge in [0.1, 0.15) is 12.4 Å². The fourth-order valence-corrected chi connectivity index (χ4v) is 3.17. The molecule has 0 radical (unpaired) electrons. The van der Waals surface area contributed by atoms with E-state index < -0.39 is 11.8 Å². The zero-order valence-electron chi connectivity index (χ0n) is 16.2. The second-order valence-corrected chi connectivity index (χ2v) is 6.76. The Morgan fingerprint density at radius 1 is 1.14 bits per heavy atom. The number of anilines is 2. The molecule has 3 rings (SSSR count). The molecule has 154 valence electrons. The molecule has 0 atom stereocenters. The summed E-state index contributed by atoms with van der Waals surface area (Å²) < 4.78 is 18.9. The van der Waals surface area contributed by atoms with Crippen molar-refractivity contribution in [3.63, 3.8) is 0 Å². The molecule has 2 aromatic rings. The number of halogens is 1. The van der Waals surface area contributed by atoms with Crippen molar-refractivity contribution in [2.75, 3.05) is 50.5 Å². The van der Waals surface area contributed by atoms with E-state index in [0.717, 1.165) is 5.56 Å². The van der Waals surface area contributed by atoms with Gasteiger partial charge in [0.05, 0.1) is 11.9 Å². The van der Waals surface area contributed by atoms with Gasteiger partial charge in [0.25, 0.3) is 0 Å². The zero-order chi connectivity index (χ0) is 20.6. The predicted molar refractivity (Wildman–Crippen MR) is 107 cm³/mol. The van der Waals surface area contributed by atoms with E-state index in [-0.39, 0.29) is 12.5 Å². The van der Waals surface area contributed by atoms with Gasteiger partial charge in [-0.3, -0.25) is 14.7 Å². The number of methoxy groups -OCH3 is 1. The van der Waals surface area contributed by atoms with Crippen molar-refractivity contribution in [2.45, 2.75) is 6.54 Å². The number of rotatable bonds is 6. The first kappa shape index (κ1) is 20.7. The number of benzene rings is 1. The largest absolute Gasteiger partial charge is 0.375 e.